The zero-order valence-electron chi connectivity index (χ0n) is 15.3. The maximum Gasteiger partial charge on any atom is 0.325 e. The predicted molar refractivity (Wildman–Crippen MR) is 101 cm³/mol. The largest absolute Gasteiger partial charge is 0.494 e. The van der Waals surface area contributed by atoms with Gasteiger partial charge in [0.05, 0.1) is 6.61 Å². The summed E-state index contributed by atoms with van der Waals surface area (Å²) in [6.07, 6.45) is 0. The molecule has 0 saturated heterocycles. The van der Waals surface area contributed by atoms with Crippen LogP contribution in [0.3, 0.4) is 0 Å². The van der Waals surface area contributed by atoms with Gasteiger partial charge >= 0.3 is 5.97 Å². The number of esters is 1. The molecular formula is C20H22N2O5. The van der Waals surface area contributed by atoms with E-state index in [1.807, 2.05) is 26.0 Å². The number of hydrogen-bond donors (Lipinski definition) is 2. The van der Waals surface area contributed by atoms with Crippen LogP contribution < -0.4 is 15.4 Å². The van der Waals surface area contributed by atoms with Crippen LogP contribution in [0.1, 0.15) is 22.8 Å². The third-order valence-corrected chi connectivity index (χ3v) is 3.60. The van der Waals surface area contributed by atoms with Gasteiger partial charge in [-0.25, -0.2) is 0 Å². The molecule has 0 radical (unpaired) electrons. The Bertz CT molecular complexity index is 802. The van der Waals surface area contributed by atoms with E-state index in [1.54, 1.807) is 36.4 Å². The predicted octanol–water partition coefficient (Wildman–Crippen LogP) is 2.31. The minimum absolute atomic E-state index is 0.330. The van der Waals surface area contributed by atoms with Gasteiger partial charge in [-0.15, -0.1) is 0 Å². The van der Waals surface area contributed by atoms with Gasteiger partial charge in [-0.1, -0.05) is 18.2 Å². The molecule has 0 fully saturated rings. The summed E-state index contributed by atoms with van der Waals surface area (Å²) in [6, 6.07) is 13.8. The lowest BCUT2D eigenvalue weighted by atomic mass is 10.2. The second-order valence-electron chi connectivity index (χ2n) is 5.66. The molecule has 2 rings (SSSR count). The lowest BCUT2D eigenvalue weighted by molar-refractivity contribution is -0.146. The number of benzene rings is 2. The molecule has 7 heteroatoms. The summed E-state index contributed by atoms with van der Waals surface area (Å²) < 4.78 is 10.2. The van der Waals surface area contributed by atoms with Crippen LogP contribution in [0.4, 0.5) is 5.69 Å². The Balaban J connectivity index is 1.73. The summed E-state index contributed by atoms with van der Waals surface area (Å²) in [4.78, 5) is 35.5. The fourth-order valence-electron chi connectivity index (χ4n) is 2.22. The van der Waals surface area contributed by atoms with Crippen molar-refractivity contribution in [3.8, 4) is 5.75 Å². The number of carbonyl (C=O) groups is 3. The van der Waals surface area contributed by atoms with E-state index in [0.29, 0.717) is 23.6 Å². The van der Waals surface area contributed by atoms with Crippen LogP contribution in [0.2, 0.25) is 0 Å². The highest BCUT2D eigenvalue weighted by atomic mass is 16.5. The third kappa shape index (κ3) is 6.47. The molecule has 0 bridgehead atoms. The Labute approximate surface area is 157 Å². The molecule has 2 aromatic rings. The number of hydrogen-bond acceptors (Lipinski definition) is 5. The fraction of sp³-hybridized carbons (Fsp3) is 0.250. The lowest BCUT2D eigenvalue weighted by Crippen LogP contribution is -2.32. The van der Waals surface area contributed by atoms with Crippen LogP contribution >= 0.6 is 0 Å². The Morgan fingerprint density at radius 3 is 2.37 bits per heavy atom. The Morgan fingerprint density at radius 2 is 1.70 bits per heavy atom. The van der Waals surface area contributed by atoms with Gasteiger partial charge in [0.25, 0.3) is 11.8 Å². The van der Waals surface area contributed by atoms with Crippen molar-refractivity contribution in [1.82, 2.24) is 5.32 Å². The van der Waals surface area contributed by atoms with Gasteiger partial charge in [0.1, 0.15) is 12.3 Å². The van der Waals surface area contributed by atoms with Gasteiger partial charge in [-0.3, -0.25) is 14.4 Å². The smallest absolute Gasteiger partial charge is 0.325 e. The van der Waals surface area contributed by atoms with Gasteiger partial charge in [-0.2, -0.15) is 0 Å². The Morgan fingerprint density at radius 1 is 1.00 bits per heavy atom. The molecule has 0 aliphatic heterocycles. The highest BCUT2D eigenvalue weighted by molar-refractivity contribution is 5.96. The van der Waals surface area contributed by atoms with Crippen molar-refractivity contribution in [1.29, 1.82) is 0 Å². The van der Waals surface area contributed by atoms with Crippen molar-refractivity contribution < 1.29 is 23.9 Å². The normalized spacial score (nSPS) is 10.0. The molecule has 0 saturated carbocycles. The molecule has 27 heavy (non-hydrogen) atoms. The van der Waals surface area contributed by atoms with E-state index in [0.717, 1.165) is 5.56 Å². The first-order valence-electron chi connectivity index (χ1n) is 8.51. The molecule has 0 atom stereocenters. The summed E-state index contributed by atoms with van der Waals surface area (Å²) >= 11 is 0. The lowest BCUT2D eigenvalue weighted by Gasteiger charge is -2.09. The number of para-hydroxylation sites is 1. The zero-order chi connectivity index (χ0) is 19.6. The van der Waals surface area contributed by atoms with Crippen LogP contribution in [0.25, 0.3) is 0 Å². The van der Waals surface area contributed by atoms with Gasteiger partial charge in [0.2, 0.25) is 0 Å². The number of carbonyl (C=O) groups excluding carboxylic acids is 3. The van der Waals surface area contributed by atoms with E-state index >= 15 is 0 Å². The van der Waals surface area contributed by atoms with Crippen molar-refractivity contribution >= 4 is 23.5 Å². The molecule has 142 valence electrons. The van der Waals surface area contributed by atoms with Gasteiger partial charge in [0, 0.05) is 11.3 Å². The summed E-state index contributed by atoms with van der Waals surface area (Å²) in [7, 11) is 0. The monoisotopic (exact) mass is 370 g/mol. The highest BCUT2D eigenvalue weighted by Gasteiger charge is 2.11. The van der Waals surface area contributed by atoms with E-state index in [2.05, 4.69) is 10.6 Å². The fourth-order valence-corrected chi connectivity index (χ4v) is 2.22. The number of ether oxygens (including phenoxy) is 2. The molecule has 2 N–H and O–H groups in total. The van der Waals surface area contributed by atoms with Gasteiger partial charge in [0.15, 0.2) is 6.61 Å². The van der Waals surface area contributed by atoms with Crippen LogP contribution in [-0.4, -0.2) is 37.5 Å². The number of amides is 2. The molecular weight excluding hydrogens is 348 g/mol. The number of rotatable bonds is 8. The van der Waals surface area contributed by atoms with Crippen molar-refractivity contribution in [3.05, 3.63) is 59.7 Å². The van der Waals surface area contributed by atoms with Crippen molar-refractivity contribution in [3.63, 3.8) is 0 Å². The molecule has 7 nitrogen and oxygen atoms in total. The van der Waals surface area contributed by atoms with E-state index in [9.17, 15) is 14.4 Å². The summed E-state index contributed by atoms with van der Waals surface area (Å²) in [5.74, 6) is -0.905. The first-order valence-corrected chi connectivity index (χ1v) is 8.51. The second kappa shape index (κ2) is 9.96. The minimum atomic E-state index is -0.700. The molecule has 2 amide bonds. The van der Waals surface area contributed by atoms with E-state index < -0.39 is 24.4 Å². The minimum Gasteiger partial charge on any atom is -0.494 e. The second-order valence-corrected chi connectivity index (χ2v) is 5.66. The number of nitrogens with one attached hydrogen (secondary N) is 2. The van der Waals surface area contributed by atoms with Crippen LogP contribution in [0.15, 0.2) is 48.5 Å². The van der Waals surface area contributed by atoms with E-state index in [-0.39, 0.29) is 6.54 Å². The molecule has 2 aromatic carbocycles. The molecule has 0 aromatic heterocycles. The average molecular weight is 370 g/mol. The molecule has 0 aliphatic rings. The van der Waals surface area contributed by atoms with Crippen molar-refractivity contribution in [2.45, 2.75) is 13.8 Å². The number of aryl methyl sites for hydroxylation is 1. The average Bonchev–Trinajstić information content (AvgIpc) is 2.67. The molecule has 0 aliphatic carbocycles. The van der Waals surface area contributed by atoms with Crippen LogP contribution in [-0.2, 0) is 14.3 Å². The molecule has 0 spiro atoms. The van der Waals surface area contributed by atoms with E-state index in [4.69, 9.17) is 9.47 Å². The third-order valence-electron chi connectivity index (χ3n) is 3.60. The van der Waals surface area contributed by atoms with Crippen molar-refractivity contribution in [2.24, 2.45) is 0 Å². The van der Waals surface area contributed by atoms with Gasteiger partial charge in [-0.05, 0) is 49.7 Å². The van der Waals surface area contributed by atoms with Crippen LogP contribution in [0.5, 0.6) is 5.75 Å². The van der Waals surface area contributed by atoms with E-state index in [1.165, 1.54) is 0 Å². The maximum atomic E-state index is 12.0. The van der Waals surface area contributed by atoms with Gasteiger partial charge < -0.3 is 20.1 Å². The maximum absolute atomic E-state index is 12.0. The zero-order valence-corrected chi connectivity index (χ0v) is 15.3. The highest BCUT2D eigenvalue weighted by Crippen LogP contribution is 2.13. The first-order chi connectivity index (χ1) is 13.0. The quantitative estimate of drug-likeness (QED) is 0.696. The topological polar surface area (TPSA) is 93.7 Å². The summed E-state index contributed by atoms with van der Waals surface area (Å²) in [6.45, 7) is 3.51. The Hall–Kier alpha value is -3.35. The summed E-state index contributed by atoms with van der Waals surface area (Å²) in [5, 5.41) is 5.10. The number of anilines is 1. The Kier molecular flexibility index (Phi) is 7.37. The summed E-state index contributed by atoms with van der Waals surface area (Å²) in [5.41, 5.74) is 1.95. The first kappa shape index (κ1) is 20.0. The van der Waals surface area contributed by atoms with Crippen molar-refractivity contribution in [2.75, 3.05) is 25.1 Å². The van der Waals surface area contributed by atoms with Crippen LogP contribution in [0, 0.1) is 6.92 Å². The SMILES string of the molecule is CCOc1ccc(C(=O)NCC(=O)OCC(=O)Nc2ccccc2C)cc1. The standard InChI is InChI=1S/C20H22N2O5/c1-3-26-16-10-8-15(9-11-16)20(25)21-12-19(24)27-13-18(23)22-17-7-5-4-6-14(17)2/h4-11H,3,12-13H2,1-2H3,(H,21,25)(H,22,23). The molecule has 0 heterocycles. The molecule has 0 unspecified atom stereocenters.